The number of rotatable bonds is 5. The van der Waals surface area contributed by atoms with Gasteiger partial charge in [0.25, 0.3) is 15.0 Å². The zero-order chi connectivity index (χ0) is 15.8. The average Bonchev–Trinajstić information content (AvgIpc) is 3.21. The van der Waals surface area contributed by atoms with E-state index in [0.29, 0.717) is 23.5 Å². The van der Waals surface area contributed by atoms with Crippen molar-refractivity contribution in [3.63, 3.8) is 0 Å². The molecule has 0 N–H and O–H groups in total. The predicted octanol–water partition coefficient (Wildman–Crippen LogP) is 3.90. The highest BCUT2D eigenvalue weighted by Crippen LogP contribution is 2.34. The van der Waals surface area contributed by atoms with Crippen molar-refractivity contribution < 1.29 is 13.2 Å². The van der Waals surface area contributed by atoms with E-state index in [1.807, 2.05) is 6.92 Å². The van der Waals surface area contributed by atoms with Crippen LogP contribution in [0, 0.1) is 5.92 Å². The summed E-state index contributed by atoms with van der Waals surface area (Å²) in [5, 5.41) is 0.193. The van der Waals surface area contributed by atoms with Gasteiger partial charge < -0.3 is 4.90 Å². The van der Waals surface area contributed by atoms with Gasteiger partial charge in [0.1, 0.15) is 0 Å². The second-order valence-electron chi connectivity index (χ2n) is 4.99. The number of amides is 1. The summed E-state index contributed by atoms with van der Waals surface area (Å²) in [7, 11) is 1.42. The molecule has 1 fully saturated rings. The molecule has 0 bridgehead atoms. The van der Waals surface area contributed by atoms with Crippen LogP contribution in [0.25, 0.3) is 0 Å². The minimum absolute atomic E-state index is 0.146. The van der Waals surface area contributed by atoms with Crippen molar-refractivity contribution in [2.45, 2.75) is 24.7 Å². The average molecular weight is 415 g/mol. The van der Waals surface area contributed by atoms with E-state index < -0.39 is 9.05 Å². The Kier molecular flexibility index (Phi) is 5.23. The van der Waals surface area contributed by atoms with E-state index >= 15 is 0 Å². The smallest absolute Gasteiger partial charge is 0.261 e. The van der Waals surface area contributed by atoms with Crippen LogP contribution in [0.5, 0.6) is 0 Å². The largest absolute Gasteiger partial charge is 0.339 e. The summed E-state index contributed by atoms with van der Waals surface area (Å²) in [6, 6.07) is 2.52. The van der Waals surface area contributed by atoms with Crippen molar-refractivity contribution in [1.82, 2.24) is 4.90 Å². The van der Waals surface area contributed by atoms with Crippen molar-refractivity contribution in [3.8, 4) is 0 Å². The minimum Gasteiger partial charge on any atom is -0.339 e. The van der Waals surface area contributed by atoms with Crippen LogP contribution in [-0.2, 0) is 9.05 Å². The Bertz CT molecular complexity index is 674. The van der Waals surface area contributed by atoms with Crippen molar-refractivity contribution in [1.29, 1.82) is 0 Å². The van der Waals surface area contributed by atoms with E-state index in [9.17, 15) is 13.2 Å². The summed E-state index contributed by atoms with van der Waals surface area (Å²) in [5.41, 5.74) is 0.146. The summed E-state index contributed by atoms with van der Waals surface area (Å²) in [6.07, 6.45) is 2.24. The summed E-state index contributed by atoms with van der Waals surface area (Å²) in [5.74, 6) is 0.258. The Hall–Kier alpha value is -0.300. The molecule has 0 aromatic heterocycles. The summed E-state index contributed by atoms with van der Waals surface area (Å²) in [4.78, 5) is 14.1. The fourth-order valence-corrected chi connectivity index (χ4v) is 3.58. The van der Waals surface area contributed by atoms with E-state index in [0.717, 1.165) is 12.8 Å². The lowest BCUT2D eigenvalue weighted by Gasteiger charge is -2.21. The molecule has 0 heterocycles. The highest BCUT2D eigenvalue weighted by molar-refractivity contribution is 9.10. The van der Waals surface area contributed by atoms with Crippen LogP contribution in [0.2, 0.25) is 5.02 Å². The monoisotopic (exact) mass is 413 g/mol. The Morgan fingerprint density at radius 3 is 2.52 bits per heavy atom. The van der Waals surface area contributed by atoms with Crippen LogP contribution >= 0.6 is 38.2 Å². The van der Waals surface area contributed by atoms with Gasteiger partial charge in [0.05, 0.1) is 15.5 Å². The van der Waals surface area contributed by atoms with Crippen molar-refractivity contribution in [2.24, 2.45) is 5.92 Å². The third-order valence-corrected chi connectivity index (χ3v) is 5.95. The van der Waals surface area contributed by atoms with E-state index in [1.165, 1.54) is 12.1 Å². The van der Waals surface area contributed by atoms with E-state index in [-0.39, 0.29) is 21.4 Å². The molecule has 0 saturated heterocycles. The molecule has 1 aromatic carbocycles. The SMILES string of the molecule is CCN(CC1CC1)C(=O)c1cc(S(=O)(=O)Cl)cc(Br)c1Cl. The Morgan fingerprint density at radius 1 is 1.43 bits per heavy atom. The fourth-order valence-electron chi connectivity index (χ4n) is 2.00. The molecule has 8 heteroatoms. The first-order valence-electron chi connectivity index (χ1n) is 6.47. The molecule has 1 aliphatic carbocycles. The molecular formula is C13H14BrCl2NO3S. The quantitative estimate of drug-likeness (QED) is 0.686. The molecule has 116 valence electrons. The molecule has 4 nitrogen and oxygen atoms in total. The van der Waals surface area contributed by atoms with E-state index in [2.05, 4.69) is 15.9 Å². The van der Waals surface area contributed by atoms with Gasteiger partial charge in [-0.3, -0.25) is 4.79 Å². The number of halogens is 3. The zero-order valence-electron chi connectivity index (χ0n) is 11.3. The molecule has 0 spiro atoms. The van der Waals surface area contributed by atoms with Crippen molar-refractivity contribution >= 4 is 53.2 Å². The molecule has 1 saturated carbocycles. The van der Waals surface area contributed by atoms with Gasteiger partial charge in [0.15, 0.2) is 0 Å². The lowest BCUT2D eigenvalue weighted by atomic mass is 10.2. The number of carbonyl (C=O) groups is 1. The maximum absolute atomic E-state index is 12.6. The van der Waals surface area contributed by atoms with Crippen LogP contribution in [0.15, 0.2) is 21.5 Å². The van der Waals surface area contributed by atoms with Gasteiger partial charge in [-0.15, -0.1) is 0 Å². The lowest BCUT2D eigenvalue weighted by molar-refractivity contribution is 0.0757. The van der Waals surface area contributed by atoms with Crippen LogP contribution in [-0.4, -0.2) is 32.3 Å². The molecule has 1 amide bonds. The number of hydrogen-bond acceptors (Lipinski definition) is 3. The summed E-state index contributed by atoms with van der Waals surface area (Å²) < 4.78 is 23.3. The van der Waals surface area contributed by atoms with Crippen LogP contribution in [0.1, 0.15) is 30.1 Å². The maximum Gasteiger partial charge on any atom is 0.261 e. The van der Waals surface area contributed by atoms with Gasteiger partial charge in [-0.1, -0.05) is 11.6 Å². The standard InChI is InChI=1S/C13H14BrCl2NO3S/c1-2-17(7-8-3-4-8)13(18)10-5-9(21(16,19)20)6-11(14)12(10)15/h5-6,8H,2-4,7H2,1H3. The molecule has 0 unspecified atom stereocenters. The summed E-state index contributed by atoms with van der Waals surface area (Å²) in [6.45, 7) is 3.09. The lowest BCUT2D eigenvalue weighted by Crippen LogP contribution is -2.33. The van der Waals surface area contributed by atoms with Crippen molar-refractivity contribution in [3.05, 3.63) is 27.2 Å². The Balaban J connectivity index is 2.41. The molecule has 1 aliphatic rings. The predicted molar refractivity (Wildman–Crippen MR) is 86.5 cm³/mol. The molecule has 2 rings (SSSR count). The highest BCUT2D eigenvalue weighted by Gasteiger charge is 2.28. The maximum atomic E-state index is 12.6. The molecule has 21 heavy (non-hydrogen) atoms. The molecule has 1 aromatic rings. The molecule has 0 radical (unpaired) electrons. The van der Waals surface area contributed by atoms with Crippen LogP contribution < -0.4 is 0 Å². The Morgan fingerprint density at radius 2 is 2.05 bits per heavy atom. The van der Waals surface area contributed by atoms with E-state index in [4.69, 9.17) is 22.3 Å². The molecule has 0 atom stereocenters. The second kappa shape index (κ2) is 6.44. The second-order valence-corrected chi connectivity index (χ2v) is 8.79. The number of carbonyl (C=O) groups excluding carboxylic acids is 1. The highest BCUT2D eigenvalue weighted by atomic mass is 79.9. The number of hydrogen-bond donors (Lipinski definition) is 0. The van der Waals surface area contributed by atoms with E-state index in [1.54, 1.807) is 4.90 Å². The van der Waals surface area contributed by atoms with Gasteiger partial charge in [-0.25, -0.2) is 8.42 Å². The van der Waals surface area contributed by atoms with Crippen LogP contribution in [0.3, 0.4) is 0 Å². The number of nitrogens with zero attached hydrogens (tertiary/aromatic N) is 1. The van der Waals surface area contributed by atoms with Gasteiger partial charge >= 0.3 is 0 Å². The molecular weight excluding hydrogens is 401 g/mol. The molecule has 0 aliphatic heterocycles. The summed E-state index contributed by atoms with van der Waals surface area (Å²) >= 11 is 9.30. The van der Waals surface area contributed by atoms with Crippen LogP contribution in [0.4, 0.5) is 0 Å². The first kappa shape index (κ1) is 17.1. The zero-order valence-corrected chi connectivity index (χ0v) is 15.2. The number of benzene rings is 1. The van der Waals surface area contributed by atoms with Gasteiger partial charge in [0, 0.05) is 28.2 Å². The fraction of sp³-hybridized carbons (Fsp3) is 0.462. The minimum atomic E-state index is -3.93. The Labute approximate surface area is 142 Å². The third-order valence-electron chi connectivity index (χ3n) is 3.36. The van der Waals surface area contributed by atoms with Gasteiger partial charge in [0.2, 0.25) is 0 Å². The third kappa shape index (κ3) is 4.12. The van der Waals surface area contributed by atoms with Gasteiger partial charge in [-0.2, -0.15) is 0 Å². The first-order valence-corrected chi connectivity index (χ1v) is 9.95. The first-order chi connectivity index (χ1) is 9.74. The topological polar surface area (TPSA) is 54.5 Å². The van der Waals surface area contributed by atoms with Gasteiger partial charge in [-0.05, 0) is 53.7 Å². The normalized spacial score (nSPS) is 15.0. The van der Waals surface area contributed by atoms with Crippen molar-refractivity contribution in [2.75, 3.05) is 13.1 Å².